The summed E-state index contributed by atoms with van der Waals surface area (Å²) in [5, 5.41) is 14.8. The Balaban J connectivity index is 1.58. The predicted octanol–water partition coefficient (Wildman–Crippen LogP) is 3.12. The van der Waals surface area contributed by atoms with E-state index >= 15 is 0 Å². The zero-order valence-corrected chi connectivity index (χ0v) is 14.6. The van der Waals surface area contributed by atoms with E-state index in [1.807, 2.05) is 19.9 Å². The lowest BCUT2D eigenvalue weighted by atomic mass is 10.0. The Morgan fingerprint density at radius 3 is 2.76 bits per heavy atom. The molecule has 0 spiro atoms. The first-order valence-electron chi connectivity index (χ1n) is 8.73. The molecule has 1 aromatic carbocycles. The molecule has 1 atom stereocenters. The van der Waals surface area contributed by atoms with Gasteiger partial charge in [0.15, 0.2) is 5.82 Å². The minimum atomic E-state index is 0.338. The molecule has 6 nitrogen and oxygen atoms in total. The molecule has 0 aliphatic carbocycles. The van der Waals surface area contributed by atoms with Gasteiger partial charge in [-0.3, -0.25) is 0 Å². The first-order chi connectivity index (χ1) is 12.2. The molecule has 0 saturated carbocycles. The fourth-order valence-electron chi connectivity index (χ4n) is 3.49. The van der Waals surface area contributed by atoms with Crippen molar-refractivity contribution >= 4 is 22.4 Å². The van der Waals surface area contributed by atoms with E-state index in [0.717, 1.165) is 49.0 Å². The Kier molecular flexibility index (Phi) is 4.17. The molecule has 3 aromatic rings. The average molecular weight is 334 g/mol. The lowest BCUT2D eigenvalue weighted by molar-refractivity contribution is 0.525. The molecule has 1 fully saturated rings. The molecular formula is C19H22N6. The maximum atomic E-state index is 4.51. The SMILES string of the molecule is Cc1cc(NC2CCCN(c3nnc(C)c4ccccc34)C2)ncn1. The van der Waals surface area contributed by atoms with E-state index in [2.05, 4.69) is 54.6 Å². The van der Waals surface area contributed by atoms with Gasteiger partial charge in [-0.25, -0.2) is 9.97 Å². The second kappa shape index (κ2) is 6.63. The van der Waals surface area contributed by atoms with Crippen molar-refractivity contribution in [3.05, 3.63) is 48.0 Å². The number of anilines is 2. The van der Waals surface area contributed by atoms with Gasteiger partial charge in [-0.15, -0.1) is 5.10 Å². The van der Waals surface area contributed by atoms with Crippen LogP contribution in [-0.2, 0) is 0 Å². The number of rotatable bonds is 3. The molecule has 0 radical (unpaired) electrons. The monoisotopic (exact) mass is 334 g/mol. The van der Waals surface area contributed by atoms with Gasteiger partial charge in [0.25, 0.3) is 0 Å². The number of fused-ring (bicyclic) bond motifs is 1. The van der Waals surface area contributed by atoms with E-state index in [9.17, 15) is 0 Å². The van der Waals surface area contributed by atoms with Crippen LogP contribution in [0.15, 0.2) is 36.7 Å². The van der Waals surface area contributed by atoms with Crippen molar-refractivity contribution in [1.82, 2.24) is 20.2 Å². The van der Waals surface area contributed by atoms with Crippen LogP contribution in [0.1, 0.15) is 24.2 Å². The van der Waals surface area contributed by atoms with Crippen LogP contribution in [0.4, 0.5) is 11.6 Å². The zero-order chi connectivity index (χ0) is 17.2. The highest BCUT2D eigenvalue weighted by Gasteiger charge is 2.23. The van der Waals surface area contributed by atoms with E-state index in [1.165, 1.54) is 10.8 Å². The average Bonchev–Trinajstić information content (AvgIpc) is 2.63. The summed E-state index contributed by atoms with van der Waals surface area (Å²) in [6, 6.07) is 10.7. The number of piperidine rings is 1. The molecule has 0 amide bonds. The minimum Gasteiger partial charge on any atom is -0.365 e. The molecule has 1 aliphatic heterocycles. The van der Waals surface area contributed by atoms with Crippen LogP contribution < -0.4 is 10.2 Å². The third-order valence-electron chi connectivity index (χ3n) is 4.73. The lowest BCUT2D eigenvalue weighted by Gasteiger charge is -2.34. The minimum absolute atomic E-state index is 0.338. The van der Waals surface area contributed by atoms with Crippen LogP contribution in [0.3, 0.4) is 0 Å². The van der Waals surface area contributed by atoms with Gasteiger partial charge in [0, 0.05) is 41.7 Å². The summed E-state index contributed by atoms with van der Waals surface area (Å²) in [4.78, 5) is 10.8. The van der Waals surface area contributed by atoms with Crippen LogP contribution in [0.2, 0.25) is 0 Å². The number of hydrogen-bond donors (Lipinski definition) is 1. The zero-order valence-electron chi connectivity index (χ0n) is 14.6. The molecule has 3 heterocycles. The van der Waals surface area contributed by atoms with Gasteiger partial charge >= 0.3 is 0 Å². The Labute approximate surface area is 147 Å². The molecule has 128 valence electrons. The summed E-state index contributed by atoms with van der Waals surface area (Å²) < 4.78 is 0. The van der Waals surface area contributed by atoms with Gasteiger partial charge in [-0.2, -0.15) is 5.10 Å². The molecule has 2 aromatic heterocycles. The maximum absolute atomic E-state index is 4.51. The predicted molar refractivity (Wildman–Crippen MR) is 99.9 cm³/mol. The highest BCUT2D eigenvalue weighted by molar-refractivity contribution is 5.93. The highest BCUT2D eigenvalue weighted by atomic mass is 15.3. The Hall–Kier alpha value is -2.76. The molecule has 25 heavy (non-hydrogen) atoms. The fraction of sp³-hybridized carbons (Fsp3) is 0.368. The van der Waals surface area contributed by atoms with E-state index in [-0.39, 0.29) is 0 Å². The molecular weight excluding hydrogens is 312 g/mol. The third kappa shape index (κ3) is 3.24. The van der Waals surface area contributed by atoms with Gasteiger partial charge in [0.05, 0.1) is 5.69 Å². The third-order valence-corrected chi connectivity index (χ3v) is 4.73. The van der Waals surface area contributed by atoms with Crippen molar-refractivity contribution in [2.45, 2.75) is 32.7 Å². The van der Waals surface area contributed by atoms with Crippen molar-refractivity contribution in [2.24, 2.45) is 0 Å². The molecule has 6 heteroatoms. The largest absolute Gasteiger partial charge is 0.365 e. The Bertz CT molecular complexity index is 894. The molecule has 1 unspecified atom stereocenters. The van der Waals surface area contributed by atoms with Crippen LogP contribution in [0, 0.1) is 13.8 Å². The van der Waals surface area contributed by atoms with E-state index in [4.69, 9.17) is 0 Å². The van der Waals surface area contributed by atoms with Crippen molar-refractivity contribution < 1.29 is 0 Å². The lowest BCUT2D eigenvalue weighted by Crippen LogP contribution is -2.42. The highest BCUT2D eigenvalue weighted by Crippen LogP contribution is 2.28. The van der Waals surface area contributed by atoms with Gasteiger partial charge in [0.1, 0.15) is 12.1 Å². The van der Waals surface area contributed by atoms with E-state index < -0.39 is 0 Å². The van der Waals surface area contributed by atoms with E-state index in [1.54, 1.807) is 6.33 Å². The van der Waals surface area contributed by atoms with Crippen molar-refractivity contribution in [3.63, 3.8) is 0 Å². The topological polar surface area (TPSA) is 66.8 Å². The standard InChI is InChI=1S/C19H22N6/c1-13-10-18(21-12-20-13)22-15-6-5-9-25(11-15)19-17-8-4-3-7-16(17)14(2)23-24-19/h3-4,7-8,10,12,15H,5-6,9,11H2,1-2H3,(H,20,21,22). The second-order valence-electron chi connectivity index (χ2n) is 6.63. The number of aryl methyl sites for hydroxylation is 2. The Morgan fingerprint density at radius 2 is 1.92 bits per heavy atom. The molecule has 1 aliphatic rings. The normalized spacial score (nSPS) is 17.7. The number of benzene rings is 1. The van der Waals surface area contributed by atoms with Gasteiger partial charge in [-0.1, -0.05) is 24.3 Å². The molecule has 1 N–H and O–H groups in total. The number of hydrogen-bond acceptors (Lipinski definition) is 6. The van der Waals surface area contributed by atoms with Crippen molar-refractivity contribution in [3.8, 4) is 0 Å². The van der Waals surface area contributed by atoms with Gasteiger partial charge < -0.3 is 10.2 Å². The second-order valence-corrected chi connectivity index (χ2v) is 6.63. The number of aromatic nitrogens is 4. The summed E-state index contributed by atoms with van der Waals surface area (Å²) in [5.74, 6) is 1.87. The fourth-order valence-corrected chi connectivity index (χ4v) is 3.49. The van der Waals surface area contributed by atoms with Crippen molar-refractivity contribution in [2.75, 3.05) is 23.3 Å². The van der Waals surface area contributed by atoms with Gasteiger partial charge in [-0.05, 0) is 26.7 Å². The molecule has 1 saturated heterocycles. The quantitative estimate of drug-likeness (QED) is 0.794. The smallest absolute Gasteiger partial charge is 0.159 e. The molecule has 4 rings (SSSR count). The summed E-state index contributed by atoms with van der Waals surface area (Å²) in [6.07, 6.45) is 3.85. The summed E-state index contributed by atoms with van der Waals surface area (Å²) >= 11 is 0. The van der Waals surface area contributed by atoms with Gasteiger partial charge in [0.2, 0.25) is 0 Å². The van der Waals surface area contributed by atoms with Crippen LogP contribution in [0.5, 0.6) is 0 Å². The Morgan fingerprint density at radius 1 is 1.08 bits per heavy atom. The van der Waals surface area contributed by atoms with E-state index in [0.29, 0.717) is 6.04 Å². The maximum Gasteiger partial charge on any atom is 0.159 e. The van der Waals surface area contributed by atoms with Crippen LogP contribution >= 0.6 is 0 Å². The number of nitrogens with zero attached hydrogens (tertiary/aromatic N) is 5. The first kappa shape index (κ1) is 15.7. The van der Waals surface area contributed by atoms with Crippen LogP contribution in [-0.4, -0.2) is 39.3 Å². The summed E-state index contributed by atoms with van der Waals surface area (Å²) in [5.41, 5.74) is 1.95. The summed E-state index contributed by atoms with van der Waals surface area (Å²) in [7, 11) is 0. The number of nitrogens with one attached hydrogen (secondary N) is 1. The first-order valence-corrected chi connectivity index (χ1v) is 8.73. The molecule has 0 bridgehead atoms. The van der Waals surface area contributed by atoms with Crippen molar-refractivity contribution in [1.29, 1.82) is 0 Å². The summed E-state index contributed by atoms with van der Waals surface area (Å²) in [6.45, 7) is 5.89. The van der Waals surface area contributed by atoms with Crippen LogP contribution in [0.25, 0.3) is 10.8 Å².